The molecule has 248 valence electrons. The summed E-state index contributed by atoms with van der Waals surface area (Å²) >= 11 is 0. The van der Waals surface area contributed by atoms with E-state index in [1.54, 1.807) is 17.9 Å². The van der Waals surface area contributed by atoms with Crippen molar-refractivity contribution in [2.45, 2.75) is 65.2 Å². The first-order valence-electron chi connectivity index (χ1n) is 14.1. The van der Waals surface area contributed by atoms with Crippen molar-refractivity contribution in [2.75, 3.05) is 22.9 Å². The number of aromatic nitrogens is 4. The Hall–Kier alpha value is -3.75. The third-order valence-electron chi connectivity index (χ3n) is 7.66. The number of alkyl halides is 6. The zero-order valence-electron chi connectivity index (χ0n) is 24.9. The summed E-state index contributed by atoms with van der Waals surface area (Å²) in [4.78, 5) is 16.1. The van der Waals surface area contributed by atoms with Gasteiger partial charge in [0, 0.05) is 31.9 Å². The minimum atomic E-state index is -4.94. The molecule has 0 amide bonds. The Balaban J connectivity index is 0.00000552. The molecule has 1 aliphatic carbocycles. The van der Waals surface area contributed by atoms with Crippen LogP contribution in [0.25, 0.3) is 0 Å². The zero-order chi connectivity index (χ0) is 32.2. The van der Waals surface area contributed by atoms with Crippen molar-refractivity contribution in [3.63, 3.8) is 0 Å². The number of carbonyl (C=O) groups is 1. The van der Waals surface area contributed by atoms with Crippen molar-refractivity contribution in [2.24, 2.45) is 18.9 Å². The first kappa shape index (κ1) is 35.7. The molecule has 16 heteroatoms. The number of anilines is 2. The average molecular weight is 665 g/mol. The lowest BCUT2D eigenvalue weighted by Crippen LogP contribution is -2.34. The summed E-state index contributed by atoms with van der Waals surface area (Å²) in [5.41, 5.74) is 0.880. The molecule has 0 bridgehead atoms. The van der Waals surface area contributed by atoms with Crippen LogP contribution in [0.4, 0.5) is 38.0 Å². The normalized spacial score (nSPS) is 17.0. The fourth-order valence-corrected chi connectivity index (χ4v) is 5.64. The predicted molar refractivity (Wildman–Crippen MR) is 156 cm³/mol. The Morgan fingerprint density at radius 3 is 2.27 bits per heavy atom. The van der Waals surface area contributed by atoms with E-state index in [0.29, 0.717) is 61.2 Å². The van der Waals surface area contributed by atoms with Gasteiger partial charge in [-0.3, -0.25) is 4.79 Å². The average Bonchev–Trinajstić information content (AvgIpc) is 3.36. The standard InChI is InChI=1S/C29H34F6N6O3.ClH/c1-4-40(15-19-5-7-21(8-6-19)26(42)43)25-10-9-24(44-29(33,34)35)14-22(25)17-41(27-36-38-39(3)37-27)16-20-11-18(2)12-23(13-20)28(30,31)32;/h9-14,19,21H,4-8,15-17H2,1-3H3,(H,42,43);1H. The summed E-state index contributed by atoms with van der Waals surface area (Å²) in [6, 6.07) is 7.65. The molecule has 1 aromatic heterocycles. The predicted octanol–water partition coefficient (Wildman–Crippen LogP) is 6.78. The monoisotopic (exact) mass is 664 g/mol. The van der Waals surface area contributed by atoms with E-state index < -0.39 is 29.8 Å². The van der Waals surface area contributed by atoms with Crippen LogP contribution in [0.1, 0.15) is 54.9 Å². The Labute approximate surface area is 262 Å². The van der Waals surface area contributed by atoms with Crippen molar-refractivity contribution >= 4 is 30.0 Å². The van der Waals surface area contributed by atoms with Crippen molar-refractivity contribution < 1.29 is 41.0 Å². The van der Waals surface area contributed by atoms with E-state index in [-0.39, 0.29) is 43.3 Å². The largest absolute Gasteiger partial charge is 0.573 e. The zero-order valence-corrected chi connectivity index (χ0v) is 25.7. The highest BCUT2D eigenvalue weighted by Gasteiger charge is 2.33. The molecule has 1 saturated carbocycles. The molecule has 0 atom stereocenters. The topological polar surface area (TPSA) is 96.6 Å². The van der Waals surface area contributed by atoms with Crippen LogP contribution >= 0.6 is 12.4 Å². The van der Waals surface area contributed by atoms with E-state index in [2.05, 4.69) is 20.1 Å². The van der Waals surface area contributed by atoms with Gasteiger partial charge < -0.3 is 19.6 Å². The van der Waals surface area contributed by atoms with Crippen molar-refractivity contribution in [3.05, 3.63) is 58.7 Å². The van der Waals surface area contributed by atoms with E-state index in [1.807, 2.05) is 11.8 Å². The van der Waals surface area contributed by atoms with Crippen LogP contribution in [0.2, 0.25) is 0 Å². The highest BCUT2D eigenvalue weighted by Crippen LogP contribution is 2.35. The third kappa shape index (κ3) is 9.87. The highest BCUT2D eigenvalue weighted by atomic mass is 35.5. The Morgan fingerprint density at radius 2 is 1.71 bits per heavy atom. The van der Waals surface area contributed by atoms with Gasteiger partial charge in [0.05, 0.1) is 18.5 Å². The number of aryl methyl sites for hydroxylation is 2. The van der Waals surface area contributed by atoms with Crippen LogP contribution in [0, 0.1) is 18.8 Å². The molecular formula is C29H35ClF6N6O3. The van der Waals surface area contributed by atoms with Gasteiger partial charge in [-0.15, -0.1) is 30.7 Å². The van der Waals surface area contributed by atoms with Gasteiger partial charge in [0.15, 0.2) is 0 Å². The number of nitrogens with zero attached hydrogens (tertiary/aromatic N) is 6. The van der Waals surface area contributed by atoms with Gasteiger partial charge in [0.1, 0.15) is 5.75 Å². The Morgan fingerprint density at radius 1 is 1.02 bits per heavy atom. The summed E-state index contributed by atoms with van der Waals surface area (Å²) in [6.07, 6.45) is -7.02. The van der Waals surface area contributed by atoms with E-state index in [9.17, 15) is 36.2 Å². The summed E-state index contributed by atoms with van der Waals surface area (Å²) in [5.74, 6) is -1.40. The van der Waals surface area contributed by atoms with Crippen LogP contribution in [0.5, 0.6) is 5.75 Å². The molecule has 45 heavy (non-hydrogen) atoms. The SMILES string of the molecule is CCN(CC1CCC(C(=O)O)CC1)c1ccc(OC(F)(F)F)cc1CN(Cc1cc(C)cc(C(F)(F)F)c1)c1nnn(C)n1.Cl. The van der Waals surface area contributed by atoms with Crippen molar-refractivity contribution in [3.8, 4) is 5.75 Å². The molecule has 3 aromatic rings. The van der Waals surface area contributed by atoms with Crippen molar-refractivity contribution in [1.29, 1.82) is 0 Å². The quantitative estimate of drug-likeness (QED) is 0.224. The summed E-state index contributed by atoms with van der Waals surface area (Å²) in [5, 5.41) is 21.4. The molecule has 0 aliphatic heterocycles. The number of carboxylic acids is 1. The lowest BCUT2D eigenvalue weighted by Gasteiger charge is -2.34. The molecule has 0 saturated heterocycles. The maximum absolute atomic E-state index is 13.6. The van der Waals surface area contributed by atoms with Gasteiger partial charge in [-0.1, -0.05) is 16.7 Å². The van der Waals surface area contributed by atoms with Crippen LogP contribution in [0.3, 0.4) is 0 Å². The van der Waals surface area contributed by atoms with Crippen LogP contribution in [0.15, 0.2) is 36.4 Å². The minimum Gasteiger partial charge on any atom is -0.481 e. The highest BCUT2D eigenvalue weighted by molar-refractivity contribution is 5.85. The van der Waals surface area contributed by atoms with E-state index in [0.717, 1.165) is 12.1 Å². The lowest BCUT2D eigenvalue weighted by molar-refractivity contribution is -0.274. The number of halogens is 7. The summed E-state index contributed by atoms with van der Waals surface area (Å²) in [7, 11) is 1.52. The first-order valence-corrected chi connectivity index (χ1v) is 14.1. The first-order chi connectivity index (χ1) is 20.6. The molecular weight excluding hydrogens is 630 g/mol. The second-order valence-electron chi connectivity index (χ2n) is 11.1. The van der Waals surface area contributed by atoms with Gasteiger partial charge in [-0.05, 0) is 92.1 Å². The van der Waals surface area contributed by atoms with Gasteiger partial charge in [0.25, 0.3) is 5.95 Å². The number of tetrazole rings is 1. The molecule has 0 unspecified atom stereocenters. The van der Waals surface area contributed by atoms with Gasteiger partial charge in [-0.25, -0.2) is 0 Å². The maximum atomic E-state index is 13.6. The Kier molecular flexibility index (Phi) is 11.6. The molecule has 1 N–H and O–H groups in total. The molecule has 9 nitrogen and oxygen atoms in total. The van der Waals surface area contributed by atoms with Crippen LogP contribution in [-0.4, -0.2) is 50.7 Å². The summed E-state index contributed by atoms with van der Waals surface area (Å²) in [6.45, 7) is 4.33. The molecule has 0 spiro atoms. The lowest BCUT2D eigenvalue weighted by atomic mass is 9.81. The molecule has 4 rings (SSSR count). The molecule has 0 radical (unpaired) electrons. The van der Waals surface area contributed by atoms with Crippen LogP contribution in [-0.2, 0) is 31.1 Å². The molecule has 1 heterocycles. The minimum absolute atomic E-state index is 0. The van der Waals surface area contributed by atoms with Gasteiger partial charge >= 0.3 is 18.5 Å². The number of ether oxygens (including phenoxy) is 1. The second kappa shape index (κ2) is 14.6. The third-order valence-corrected chi connectivity index (χ3v) is 7.66. The van der Waals surface area contributed by atoms with E-state index in [4.69, 9.17) is 0 Å². The fraction of sp³-hybridized carbons (Fsp3) is 0.517. The number of hydrogen-bond donors (Lipinski definition) is 1. The fourth-order valence-electron chi connectivity index (χ4n) is 5.64. The number of rotatable bonds is 11. The number of benzene rings is 2. The smallest absolute Gasteiger partial charge is 0.481 e. The van der Waals surface area contributed by atoms with Crippen LogP contribution < -0.4 is 14.5 Å². The number of hydrogen-bond acceptors (Lipinski definition) is 7. The second-order valence-corrected chi connectivity index (χ2v) is 11.1. The number of aliphatic carboxylic acids is 1. The van der Waals surface area contributed by atoms with E-state index in [1.165, 1.54) is 30.0 Å². The number of carboxylic acid groups (broad SMARTS) is 1. The van der Waals surface area contributed by atoms with Gasteiger partial charge in [0.2, 0.25) is 0 Å². The van der Waals surface area contributed by atoms with E-state index >= 15 is 0 Å². The Bertz CT molecular complexity index is 1440. The molecule has 1 fully saturated rings. The molecule has 2 aromatic carbocycles. The maximum Gasteiger partial charge on any atom is 0.573 e. The van der Waals surface area contributed by atoms with Gasteiger partial charge in [-0.2, -0.15) is 18.0 Å². The van der Waals surface area contributed by atoms with Crippen molar-refractivity contribution in [1.82, 2.24) is 20.2 Å². The summed E-state index contributed by atoms with van der Waals surface area (Å²) < 4.78 is 84.5. The molecule has 1 aliphatic rings.